The molecule has 0 aromatic heterocycles. The van der Waals surface area contributed by atoms with Gasteiger partial charge in [-0.1, -0.05) is 26.2 Å². The van der Waals surface area contributed by atoms with Crippen molar-refractivity contribution in [2.45, 2.75) is 51.5 Å². The molecule has 2 aliphatic rings. The quantitative estimate of drug-likeness (QED) is 0.790. The van der Waals surface area contributed by atoms with E-state index in [1.54, 1.807) is 0 Å². The first-order valence-electron chi connectivity index (χ1n) is 6.85. The van der Waals surface area contributed by atoms with E-state index < -0.39 is 0 Å². The van der Waals surface area contributed by atoms with Gasteiger partial charge in [0.25, 0.3) is 0 Å². The molecule has 1 saturated carbocycles. The molecule has 1 aliphatic heterocycles. The number of rotatable bonds is 4. The second-order valence-electron chi connectivity index (χ2n) is 5.20. The van der Waals surface area contributed by atoms with Gasteiger partial charge in [-0.2, -0.15) is 0 Å². The topological polar surface area (TPSA) is 21.3 Å². The lowest BCUT2D eigenvalue weighted by Crippen LogP contribution is -2.37. The van der Waals surface area contributed by atoms with Crippen LogP contribution in [-0.2, 0) is 4.74 Å². The van der Waals surface area contributed by atoms with E-state index in [4.69, 9.17) is 4.74 Å². The lowest BCUT2D eigenvalue weighted by Gasteiger charge is -2.33. The van der Waals surface area contributed by atoms with Gasteiger partial charge in [0, 0.05) is 6.42 Å². The summed E-state index contributed by atoms with van der Waals surface area (Å²) in [6.07, 6.45) is 10.3. The van der Waals surface area contributed by atoms with E-state index in [1.807, 2.05) is 0 Å². The summed E-state index contributed by atoms with van der Waals surface area (Å²) in [5, 5.41) is 3.45. The molecule has 16 heavy (non-hydrogen) atoms. The molecule has 0 aromatic carbocycles. The highest BCUT2D eigenvalue weighted by atomic mass is 16.5. The van der Waals surface area contributed by atoms with Crippen LogP contribution >= 0.6 is 0 Å². The van der Waals surface area contributed by atoms with Crippen LogP contribution < -0.4 is 5.32 Å². The Morgan fingerprint density at radius 2 is 2.12 bits per heavy atom. The molecule has 1 atom stereocenters. The van der Waals surface area contributed by atoms with Crippen molar-refractivity contribution >= 4 is 0 Å². The molecule has 0 bridgehead atoms. The molecule has 0 saturated heterocycles. The molecular formula is C14H25NO. The molecule has 2 nitrogen and oxygen atoms in total. The summed E-state index contributed by atoms with van der Waals surface area (Å²) >= 11 is 0. The minimum Gasteiger partial charge on any atom is -0.496 e. The first-order chi connectivity index (χ1) is 7.85. The van der Waals surface area contributed by atoms with Crippen molar-refractivity contribution in [2.24, 2.45) is 11.8 Å². The van der Waals surface area contributed by atoms with Crippen LogP contribution in [0.5, 0.6) is 0 Å². The van der Waals surface area contributed by atoms with Crippen LogP contribution in [0.25, 0.3) is 0 Å². The van der Waals surface area contributed by atoms with E-state index in [0.717, 1.165) is 24.9 Å². The largest absolute Gasteiger partial charge is 0.496 e. The van der Waals surface area contributed by atoms with Crippen LogP contribution in [-0.4, -0.2) is 19.7 Å². The van der Waals surface area contributed by atoms with Crippen molar-refractivity contribution in [3.05, 3.63) is 11.8 Å². The smallest absolute Gasteiger partial charge is 0.109 e. The van der Waals surface area contributed by atoms with E-state index in [-0.39, 0.29) is 0 Å². The fourth-order valence-electron chi connectivity index (χ4n) is 3.19. The summed E-state index contributed by atoms with van der Waals surface area (Å²) in [7, 11) is 2.07. The monoisotopic (exact) mass is 223 g/mol. The first-order valence-corrected chi connectivity index (χ1v) is 6.85. The van der Waals surface area contributed by atoms with Crippen molar-refractivity contribution < 1.29 is 4.74 Å². The first kappa shape index (κ1) is 12.0. The van der Waals surface area contributed by atoms with Gasteiger partial charge >= 0.3 is 0 Å². The number of hydrogen-bond acceptors (Lipinski definition) is 2. The number of likely N-dealkylation sites (N-methyl/N-ethyl adjacent to an activating group) is 1. The molecule has 0 spiro atoms. The van der Waals surface area contributed by atoms with Crippen LogP contribution in [0.15, 0.2) is 11.8 Å². The Balaban J connectivity index is 1.90. The van der Waals surface area contributed by atoms with Gasteiger partial charge < -0.3 is 10.1 Å². The average molecular weight is 223 g/mol. The Morgan fingerprint density at radius 1 is 1.38 bits per heavy atom. The summed E-state index contributed by atoms with van der Waals surface area (Å²) in [5.74, 6) is 2.98. The molecule has 0 amide bonds. The molecule has 2 heteroatoms. The molecule has 1 heterocycles. The number of hydrogen-bond donors (Lipinski definition) is 1. The third-order valence-electron chi connectivity index (χ3n) is 4.29. The maximum atomic E-state index is 5.71. The SMILES string of the molecule is CCC1CCC(C(NC)C2=CCCO2)CC1. The fourth-order valence-corrected chi connectivity index (χ4v) is 3.19. The lowest BCUT2D eigenvalue weighted by molar-refractivity contribution is 0.166. The summed E-state index contributed by atoms with van der Waals surface area (Å²) in [4.78, 5) is 0. The van der Waals surface area contributed by atoms with Crippen LogP contribution in [0, 0.1) is 11.8 Å². The van der Waals surface area contributed by atoms with Gasteiger partial charge in [0.15, 0.2) is 0 Å². The van der Waals surface area contributed by atoms with E-state index in [2.05, 4.69) is 25.4 Å². The summed E-state index contributed by atoms with van der Waals surface area (Å²) in [6, 6.07) is 0.473. The van der Waals surface area contributed by atoms with E-state index in [0.29, 0.717) is 6.04 Å². The third-order valence-corrected chi connectivity index (χ3v) is 4.29. The number of nitrogens with one attached hydrogen (secondary N) is 1. The summed E-state index contributed by atoms with van der Waals surface area (Å²) in [6.45, 7) is 3.21. The van der Waals surface area contributed by atoms with Crippen molar-refractivity contribution in [3.8, 4) is 0 Å². The van der Waals surface area contributed by atoms with Crippen molar-refractivity contribution in [2.75, 3.05) is 13.7 Å². The fraction of sp³-hybridized carbons (Fsp3) is 0.857. The average Bonchev–Trinajstić information content (AvgIpc) is 2.85. The van der Waals surface area contributed by atoms with Crippen molar-refractivity contribution in [3.63, 3.8) is 0 Å². The predicted molar refractivity (Wildman–Crippen MR) is 67.2 cm³/mol. The van der Waals surface area contributed by atoms with Crippen LogP contribution in [0.1, 0.15) is 45.4 Å². The van der Waals surface area contributed by atoms with Crippen molar-refractivity contribution in [1.82, 2.24) is 5.32 Å². The van der Waals surface area contributed by atoms with Gasteiger partial charge in [-0.25, -0.2) is 0 Å². The van der Waals surface area contributed by atoms with E-state index in [9.17, 15) is 0 Å². The Labute approximate surface area is 99.4 Å². The highest BCUT2D eigenvalue weighted by Gasteiger charge is 2.30. The molecule has 1 unspecified atom stereocenters. The second kappa shape index (κ2) is 5.72. The Hall–Kier alpha value is -0.500. The van der Waals surface area contributed by atoms with E-state index in [1.165, 1.54) is 37.9 Å². The minimum atomic E-state index is 0.473. The van der Waals surface area contributed by atoms with Gasteiger partial charge in [-0.3, -0.25) is 0 Å². The Kier molecular flexibility index (Phi) is 4.28. The Morgan fingerprint density at radius 3 is 2.62 bits per heavy atom. The predicted octanol–water partition coefficient (Wildman–Crippen LogP) is 3.10. The minimum absolute atomic E-state index is 0.473. The molecule has 92 valence electrons. The zero-order chi connectivity index (χ0) is 11.4. The number of ether oxygens (including phenoxy) is 1. The zero-order valence-electron chi connectivity index (χ0n) is 10.7. The standard InChI is InChI=1S/C14H25NO/c1-3-11-6-8-12(9-7-11)14(15-2)13-5-4-10-16-13/h5,11-12,14-15H,3-4,6-10H2,1-2H3. The molecule has 1 N–H and O–H groups in total. The van der Waals surface area contributed by atoms with Crippen molar-refractivity contribution in [1.29, 1.82) is 0 Å². The van der Waals surface area contributed by atoms with Gasteiger partial charge in [0.1, 0.15) is 5.76 Å². The summed E-state index contributed by atoms with van der Waals surface area (Å²) in [5.41, 5.74) is 0. The van der Waals surface area contributed by atoms with Crippen LogP contribution in [0.3, 0.4) is 0 Å². The Bertz CT molecular complexity index is 241. The highest BCUT2D eigenvalue weighted by Crippen LogP contribution is 2.35. The second-order valence-corrected chi connectivity index (χ2v) is 5.20. The maximum Gasteiger partial charge on any atom is 0.109 e. The lowest BCUT2D eigenvalue weighted by atomic mass is 9.77. The van der Waals surface area contributed by atoms with Crippen LogP contribution in [0.4, 0.5) is 0 Å². The summed E-state index contributed by atoms with van der Waals surface area (Å²) < 4.78 is 5.71. The molecule has 2 rings (SSSR count). The van der Waals surface area contributed by atoms with Gasteiger partial charge in [-0.15, -0.1) is 0 Å². The molecular weight excluding hydrogens is 198 g/mol. The highest BCUT2D eigenvalue weighted by molar-refractivity contribution is 5.09. The van der Waals surface area contributed by atoms with Gasteiger partial charge in [0.05, 0.1) is 12.6 Å². The zero-order valence-corrected chi connectivity index (χ0v) is 10.7. The molecule has 1 fully saturated rings. The van der Waals surface area contributed by atoms with Gasteiger partial charge in [0.2, 0.25) is 0 Å². The van der Waals surface area contributed by atoms with E-state index >= 15 is 0 Å². The normalized spacial score (nSPS) is 32.0. The maximum absolute atomic E-state index is 5.71. The third kappa shape index (κ3) is 2.60. The molecule has 1 aliphatic carbocycles. The van der Waals surface area contributed by atoms with Gasteiger partial charge in [-0.05, 0) is 37.8 Å². The molecule has 0 radical (unpaired) electrons. The molecule has 0 aromatic rings. The van der Waals surface area contributed by atoms with Crippen LogP contribution in [0.2, 0.25) is 0 Å².